The smallest absolute Gasteiger partial charge is 0.291 e. The van der Waals surface area contributed by atoms with Crippen molar-refractivity contribution < 1.29 is 22.8 Å². The van der Waals surface area contributed by atoms with E-state index in [9.17, 15) is 18.4 Å². The van der Waals surface area contributed by atoms with Crippen molar-refractivity contribution in [1.29, 1.82) is 0 Å². The second-order valence-electron chi connectivity index (χ2n) is 7.97. The number of nitrogens with zero attached hydrogens (tertiary/aromatic N) is 5. The van der Waals surface area contributed by atoms with E-state index in [4.69, 9.17) is 10.2 Å². The van der Waals surface area contributed by atoms with E-state index in [0.29, 0.717) is 34.5 Å². The summed E-state index contributed by atoms with van der Waals surface area (Å²) in [5.74, 6) is -0.998. The van der Waals surface area contributed by atoms with Crippen LogP contribution in [0.3, 0.4) is 0 Å². The second-order valence-corrected chi connectivity index (χ2v) is 8.97. The van der Waals surface area contributed by atoms with Crippen LogP contribution in [0.5, 0.6) is 0 Å². The van der Waals surface area contributed by atoms with Crippen LogP contribution in [0.1, 0.15) is 43.8 Å². The van der Waals surface area contributed by atoms with Crippen LogP contribution in [0.15, 0.2) is 47.3 Å². The molecule has 13 heteroatoms. The van der Waals surface area contributed by atoms with Crippen LogP contribution in [0, 0.1) is 6.92 Å². The van der Waals surface area contributed by atoms with Gasteiger partial charge >= 0.3 is 0 Å². The Morgan fingerprint density at radius 3 is 2.72 bits per heavy atom. The molecule has 2 amide bonds. The van der Waals surface area contributed by atoms with Crippen molar-refractivity contribution in [2.24, 2.45) is 12.8 Å². The first kappa shape index (κ1) is 23.4. The molecule has 184 valence electrons. The summed E-state index contributed by atoms with van der Waals surface area (Å²) < 4.78 is 36.2. The number of alkyl halides is 2. The third-order valence-corrected chi connectivity index (χ3v) is 6.53. The zero-order chi connectivity index (χ0) is 25.6. The molecule has 0 aliphatic carbocycles. The van der Waals surface area contributed by atoms with Gasteiger partial charge in [-0.15, -0.1) is 11.3 Å². The van der Waals surface area contributed by atoms with Gasteiger partial charge in [0.15, 0.2) is 5.76 Å². The Morgan fingerprint density at radius 2 is 2.08 bits per heavy atom. The molecule has 5 rings (SSSR count). The number of thiophene rings is 1. The highest BCUT2D eigenvalue weighted by Crippen LogP contribution is 2.43. The Labute approximate surface area is 206 Å². The van der Waals surface area contributed by atoms with E-state index in [1.165, 1.54) is 12.1 Å². The SMILES string of the molecule is Cc1nn(C)cc1-c1cc(C(F)F)nc2sc(C(N)=O)c(NC(=O)c3ccc(Cn4cccn4)o3)c12. The highest BCUT2D eigenvalue weighted by molar-refractivity contribution is 7.21. The second kappa shape index (κ2) is 9.00. The molecule has 0 aliphatic heterocycles. The molecular weight excluding hydrogens is 492 g/mol. The minimum atomic E-state index is -2.85. The average Bonchev–Trinajstić information content (AvgIpc) is 3.61. The van der Waals surface area contributed by atoms with Gasteiger partial charge in [0.2, 0.25) is 0 Å². The summed E-state index contributed by atoms with van der Waals surface area (Å²) in [6.45, 7) is 2.05. The van der Waals surface area contributed by atoms with Gasteiger partial charge in [-0.1, -0.05) is 0 Å². The number of anilines is 1. The summed E-state index contributed by atoms with van der Waals surface area (Å²) in [7, 11) is 1.70. The van der Waals surface area contributed by atoms with Gasteiger partial charge in [-0.25, -0.2) is 13.8 Å². The maximum Gasteiger partial charge on any atom is 0.291 e. The Balaban J connectivity index is 1.61. The fourth-order valence-corrected chi connectivity index (χ4v) is 4.93. The zero-order valence-electron chi connectivity index (χ0n) is 19.0. The fourth-order valence-electron chi connectivity index (χ4n) is 3.91. The van der Waals surface area contributed by atoms with Crippen molar-refractivity contribution in [2.45, 2.75) is 19.9 Å². The van der Waals surface area contributed by atoms with Crippen molar-refractivity contribution in [2.75, 3.05) is 5.32 Å². The van der Waals surface area contributed by atoms with E-state index in [1.807, 2.05) is 0 Å². The lowest BCUT2D eigenvalue weighted by Crippen LogP contribution is -2.16. The molecule has 5 aromatic heterocycles. The Morgan fingerprint density at radius 1 is 1.28 bits per heavy atom. The number of hydrogen-bond donors (Lipinski definition) is 2. The molecule has 36 heavy (non-hydrogen) atoms. The Hall–Kier alpha value is -4.39. The number of amides is 2. The lowest BCUT2D eigenvalue weighted by molar-refractivity contribution is 0.0994. The van der Waals surface area contributed by atoms with Crippen LogP contribution < -0.4 is 11.1 Å². The first-order valence-electron chi connectivity index (χ1n) is 10.6. The summed E-state index contributed by atoms with van der Waals surface area (Å²) in [6.07, 6.45) is 2.19. The van der Waals surface area contributed by atoms with Crippen LogP contribution in [-0.4, -0.2) is 36.4 Å². The number of primary amides is 1. The largest absolute Gasteiger partial charge is 0.454 e. The molecule has 0 radical (unpaired) electrons. The third kappa shape index (κ3) is 4.24. The predicted molar refractivity (Wildman–Crippen MR) is 128 cm³/mol. The quantitative estimate of drug-likeness (QED) is 0.337. The van der Waals surface area contributed by atoms with E-state index in [0.717, 1.165) is 11.3 Å². The summed E-state index contributed by atoms with van der Waals surface area (Å²) >= 11 is 0.827. The zero-order valence-corrected chi connectivity index (χ0v) is 19.8. The van der Waals surface area contributed by atoms with Gasteiger partial charge in [-0.3, -0.25) is 19.0 Å². The minimum absolute atomic E-state index is 0.0109. The van der Waals surface area contributed by atoms with Crippen LogP contribution in [0.4, 0.5) is 14.5 Å². The Kier molecular flexibility index (Phi) is 5.84. The van der Waals surface area contributed by atoms with Crippen molar-refractivity contribution in [3.63, 3.8) is 0 Å². The molecule has 0 aromatic carbocycles. The van der Waals surface area contributed by atoms with Crippen molar-refractivity contribution in [3.05, 3.63) is 70.6 Å². The van der Waals surface area contributed by atoms with E-state index in [-0.39, 0.29) is 21.2 Å². The lowest BCUT2D eigenvalue weighted by atomic mass is 10.0. The molecule has 0 spiro atoms. The first-order valence-corrected chi connectivity index (χ1v) is 11.5. The third-order valence-electron chi connectivity index (χ3n) is 5.43. The molecule has 0 unspecified atom stereocenters. The van der Waals surface area contributed by atoms with Crippen molar-refractivity contribution in [1.82, 2.24) is 24.5 Å². The number of aryl methyl sites for hydroxylation is 2. The highest BCUT2D eigenvalue weighted by atomic mass is 32.1. The normalized spacial score (nSPS) is 11.5. The van der Waals surface area contributed by atoms with Crippen molar-refractivity contribution in [3.8, 4) is 11.1 Å². The first-order chi connectivity index (χ1) is 17.2. The number of carbonyl (C=O) groups is 2. The standard InChI is InChI=1S/C23H19F2N7O3S/c1-11-14(10-31(2)30-11)13-8-15(20(24)25)28-23-17(13)18(19(36-23)21(26)33)29-22(34)16-5-4-12(35-16)9-32-7-3-6-27-32/h3-8,10,20H,9H2,1-2H3,(H2,26,33)(H,29,34). The average molecular weight is 512 g/mol. The van der Waals surface area contributed by atoms with E-state index < -0.39 is 23.9 Å². The van der Waals surface area contributed by atoms with E-state index in [1.54, 1.807) is 54.1 Å². The van der Waals surface area contributed by atoms with E-state index >= 15 is 0 Å². The number of hydrogen-bond acceptors (Lipinski definition) is 7. The van der Waals surface area contributed by atoms with Gasteiger partial charge in [0.1, 0.15) is 21.2 Å². The van der Waals surface area contributed by atoms with Gasteiger partial charge in [-0.2, -0.15) is 10.2 Å². The van der Waals surface area contributed by atoms with Crippen LogP contribution in [0.2, 0.25) is 0 Å². The molecule has 10 nitrogen and oxygen atoms in total. The molecule has 5 aromatic rings. The molecule has 0 aliphatic rings. The monoisotopic (exact) mass is 511 g/mol. The predicted octanol–water partition coefficient (Wildman–Crippen LogP) is 4.13. The number of aromatic nitrogens is 5. The lowest BCUT2D eigenvalue weighted by Gasteiger charge is -2.10. The van der Waals surface area contributed by atoms with Gasteiger partial charge in [-0.05, 0) is 36.8 Å². The fraction of sp³-hybridized carbons (Fsp3) is 0.174. The molecule has 0 bridgehead atoms. The van der Waals surface area contributed by atoms with Crippen molar-refractivity contribution >= 4 is 39.1 Å². The number of rotatable bonds is 7. The number of carbonyl (C=O) groups excluding carboxylic acids is 2. The minimum Gasteiger partial charge on any atom is -0.454 e. The number of nitrogens with one attached hydrogen (secondary N) is 1. The maximum atomic E-state index is 13.7. The van der Waals surface area contributed by atoms with Gasteiger partial charge in [0.05, 0.1) is 17.9 Å². The number of furan rings is 1. The molecule has 5 heterocycles. The van der Waals surface area contributed by atoms with Gasteiger partial charge < -0.3 is 15.5 Å². The summed E-state index contributed by atoms with van der Waals surface area (Å²) in [5, 5.41) is 11.4. The number of halogens is 2. The topological polar surface area (TPSA) is 134 Å². The summed E-state index contributed by atoms with van der Waals surface area (Å²) in [6, 6.07) is 6.13. The molecule has 3 N–H and O–H groups in total. The number of nitrogens with two attached hydrogens (primary N) is 1. The maximum absolute atomic E-state index is 13.7. The van der Waals surface area contributed by atoms with Crippen LogP contribution >= 0.6 is 11.3 Å². The molecular formula is C23H19F2N7O3S. The summed E-state index contributed by atoms with van der Waals surface area (Å²) in [4.78, 5) is 29.5. The van der Waals surface area contributed by atoms with Crippen LogP contribution in [-0.2, 0) is 13.6 Å². The van der Waals surface area contributed by atoms with E-state index in [2.05, 4.69) is 20.5 Å². The molecule has 0 saturated heterocycles. The number of fused-ring (bicyclic) bond motifs is 1. The molecule has 0 atom stereocenters. The molecule has 0 saturated carbocycles. The summed E-state index contributed by atoms with van der Waals surface area (Å²) in [5.41, 5.74) is 6.66. The van der Waals surface area contributed by atoms with Gasteiger partial charge in [0, 0.05) is 36.6 Å². The van der Waals surface area contributed by atoms with Crippen LogP contribution in [0.25, 0.3) is 21.3 Å². The van der Waals surface area contributed by atoms with Gasteiger partial charge in [0.25, 0.3) is 18.2 Å². The Bertz CT molecular complexity index is 1600. The highest BCUT2D eigenvalue weighted by Gasteiger charge is 2.27. The molecule has 0 fully saturated rings. The number of pyridine rings is 1.